The van der Waals surface area contributed by atoms with E-state index in [2.05, 4.69) is 33.8 Å². The average Bonchev–Trinajstić information content (AvgIpc) is 3.67. The third-order valence-corrected chi connectivity index (χ3v) is 15.3. The van der Waals surface area contributed by atoms with Crippen LogP contribution in [0.5, 0.6) is 0 Å². The summed E-state index contributed by atoms with van der Waals surface area (Å²) in [5.41, 5.74) is -0.167. The first-order valence-corrected chi connectivity index (χ1v) is 19.3. The second-order valence-electron chi connectivity index (χ2n) is 18.0. The summed E-state index contributed by atoms with van der Waals surface area (Å²) in [5.74, 6) is 3.00. The van der Waals surface area contributed by atoms with Gasteiger partial charge in [-0.3, -0.25) is 0 Å². The maximum absolute atomic E-state index is 11.1. The van der Waals surface area contributed by atoms with E-state index in [0.717, 1.165) is 45.1 Å². The van der Waals surface area contributed by atoms with E-state index in [1.807, 2.05) is 0 Å². The highest BCUT2D eigenvalue weighted by atomic mass is 16.7. The number of aliphatic hydroxyl groups is 6. The zero-order chi connectivity index (χ0) is 35.4. The Morgan fingerprint density at radius 3 is 2.44 bits per heavy atom. The Morgan fingerprint density at radius 1 is 0.940 bits per heavy atom. The Morgan fingerprint density at radius 2 is 1.74 bits per heavy atom. The van der Waals surface area contributed by atoms with Crippen molar-refractivity contribution in [2.24, 2.45) is 46.3 Å². The van der Waals surface area contributed by atoms with Gasteiger partial charge in [-0.15, -0.1) is 0 Å². The Labute approximate surface area is 295 Å². The standard InChI is InChI=1S/C38H60O12/c1-19-7-12-38(46-16-19)20(2)28-26(50-38)14-25-23-6-5-21-13-22(8-10-35(21,3)24(23)9-11-36(25,28)4)47-33-30(42)29(41)31(27(15-39)48-33)49-34-32(43)37(44,17-40)18-45-34/h5,19-20,22-34,39-44H,6-18H2,1-4H3/t19-,20+,22+,23?,24?,25?,26?,27-,28?,29-,30-,31-,32+,33-,34+,35+,36+,37-,38?/m1/s1. The number of hydrogen-bond donors (Lipinski definition) is 6. The van der Waals surface area contributed by atoms with Gasteiger partial charge in [0, 0.05) is 12.3 Å². The van der Waals surface area contributed by atoms with Gasteiger partial charge in [0.25, 0.3) is 0 Å². The highest BCUT2D eigenvalue weighted by molar-refractivity contribution is 5.26. The molecule has 0 aromatic rings. The van der Waals surface area contributed by atoms with Crippen molar-refractivity contribution in [3.8, 4) is 0 Å². The molecule has 6 unspecified atom stereocenters. The summed E-state index contributed by atoms with van der Waals surface area (Å²) >= 11 is 0. The molecule has 7 fully saturated rings. The second kappa shape index (κ2) is 12.9. The van der Waals surface area contributed by atoms with Crippen molar-refractivity contribution in [2.75, 3.05) is 26.4 Å². The number of hydrogen-bond acceptors (Lipinski definition) is 12. The Kier molecular flexibility index (Phi) is 9.38. The monoisotopic (exact) mass is 708 g/mol. The first kappa shape index (κ1) is 36.2. The third-order valence-electron chi connectivity index (χ3n) is 15.3. The molecule has 8 aliphatic rings. The maximum Gasteiger partial charge on any atom is 0.187 e. The molecule has 4 aliphatic heterocycles. The molecule has 4 heterocycles. The van der Waals surface area contributed by atoms with E-state index in [4.69, 9.17) is 28.4 Å². The summed E-state index contributed by atoms with van der Waals surface area (Å²) in [6, 6.07) is 0. The van der Waals surface area contributed by atoms with E-state index < -0.39 is 67.7 Å². The summed E-state index contributed by atoms with van der Waals surface area (Å²) < 4.78 is 36.8. The fourth-order valence-electron chi connectivity index (χ4n) is 12.3. The van der Waals surface area contributed by atoms with Gasteiger partial charge in [-0.2, -0.15) is 0 Å². The van der Waals surface area contributed by atoms with Crippen molar-refractivity contribution in [2.45, 2.75) is 152 Å². The summed E-state index contributed by atoms with van der Waals surface area (Å²) in [6.45, 7) is 8.82. The Balaban J connectivity index is 0.916. The number of aliphatic hydroxyl groups excluding tert-OH is 5. The quantitative estimate of drug-likeness (QED) is 0.222. The van der Waals surface area contributed by atoms with E-state index in [-0.39, 0.29) is 29.6 Å². The molecule has 12 nitrogen and oxygen atoms in total. The Bertz CT molecular complexity index is 1290. The van der Waals surface area contributed by atoms with Crippen LogP contribution in [0.1, 0.15) is 85.5 Å². The predicted molar refractivity (Wildman–Crippen MR) is 177 cm³/mol. The van der Waals surface area contributed by atoms with Gasteiger partial charge in [0.1, 0.15) is 36.1 Å². The molecule has 0 bridgehead atoms. The molecule has 50 heavy (non-hydrogen) atoms. The van der Waals surface area contributed by atoms with Gasteiger partial charge >= 0.3 is 0 Å². The van der Waals surface area contributed by atoms with E-state index in [9.17, 15) is 30.6 Å². The number of rotatable bonds is 6. The van der Waals surface area contributed by atoms with Crippen LogP contribution in [0.15, 0.2) is 11.6 Å². The molecule has 0 amide bonds. The molecule has 19 atom stereocenters. The molecule has 3 saturated carbocycles. The molecule has 8 rings (SSSR count). The van der Waals surface area contributed by atoms with Crippen LogP contribution >= 0.6 is 0 Å². The smallest absolute Gasteiger partial charge is 0.187 e. The molecule has 1 spiro atoms. The summed E-state index contributed by atoms with van der Waals surface area (Å²) in [6.07, 6.45) is 2.26. The average molecular weight is 709 g/mol. The Hall–Kier alpha value is -0.740. The fourth-order valence-corrected chi connectivity index (χ4v) is 12.3. The number of fused-ring (bicyclic) bond motifs is 7. The van der Waals surface area contributed by atoms with Crippen molar-refractivity contribution in [3.63, 3.8) is 0 Å². The van der Waals surface area contributed by atoms with Gasteiger partial charge in [0.15, 0.2) is 18.4 Å². The van der Waals surface area contributed by atoms with Gasteiger partial charge in [-0.1, -0.05) is 39.3 Å². The molecule has 6 N–H and O–H groups in total. The van der Waals surface area contributed by atoms with Gasteiger partial charge < -0.3 is 59.1 Å². The highest BCUT2D eigenvalue weighted by Crippen LogP contribution is 2.70. The molecule has 4 saturated heterocycles. The molecule has 0 radical (unpaired) electrons. The van der Waals surface area contributed by atoms with E-state index in [1.54, 1.807) is 0 Å². The predicted octanol–water partition coefficient (Wildman–Crippen LogP) is 2.00. The minimum absolute atomic E-state index is 0.0782. The van der Waals surface area contributed by atoms with Crippen LogP contribution in [0.2, 0.25) is 0 Å². The molecule has 0 aromatic carbocycles. The second-order valence-corrected chi connectivity index (χ2v) is 18.0. The lowest BCUT2D eigenvalue weighted by Crippen LogP contribution is -2.62. The van der Waals surface area contributed by atoms with Gasteiger partial charge in [-0.25, -0.2) is 0 Å². The van der Waals surface area contributed by atoms with Crippen molar-refractivity contribution in [3.05, 3.63) is 11.6 Å². The van der Waals surface area contributed by atoms with E-state index in [1.165, 1.54) is 24.8 Å². The molecule has 12 heteroatoms. The van der Waals surface area contributed by atoms with E-state index >= 15 is 0 Å². The van der Waals surface area contributed by atoms with Crippen LogP contribution < -0.4 is 0 Å². The summed E-state index contributed by atoms with van der Waals surface area (Å²) in [5, 5.41) is 62.5. The topological polar surface area (TPSA) is 177 Å². The van der Waals surface area contributed by atoms with Crippen molar-refractivity contribution in [1.82, 2.24) is 0 Å². The van der Waals surface area contributed by atoms with Crippen LogP contribution in [0.25, 0.3) is 0 Å². The zero-order valence-electron chi connectivity index (χ0n) is 30.1. The fraction of sp³-hybridized carbons (Fsp3) is 0.947. The first-order valence-electron chi connectivity index (χ1n) is 19.3. The highest BCUT2D eigenvalue weighted by Gasteiger charge is 2.68. The molecule has 284 valence electrons. The van der Waals surface area contributed by atoms with Crippen LogP contribution in [0, 0.1) is 46.3 Å². The van der Waals surface area contributed by atoms with Gasteiger partial charge in [0.2, 0.25) is 0 Å². The van der Waals surface area contributed by atoms with Crippen LogP contribution in [0.3, 0.4) is 0 Å². The lowest BCUT2D eigenvalue weighted by Gasteiger charge is -2.58. The minimum Gasteiger partial charge on any atom is -0.394 e. The van der Waals surface area contributed by atoms with E-state index in [0.29, 0.717) is 35.5 Å². The molecule has 4 aliphatic carbocycles. The number of ether oxygens (including phenoxy) is 6. The van der Waals surface area contributed by atoms with Crippen LogP contribution in [0.4, 0.5) is 0 Å². The minimum atomic E-state index is -1.92. The van der Waals surface area contributed by atoms with Gasteiger partial charge in [0.05, 0.1) is 38.6 Å². The molecular formula is C38H60O12. The molecular weight excluding hydrogens is 648 g/mol. The summed E-state index contributed by atoms with van der Waals surface area (Å²) in [4.78, 5) is 0. The lowest BCUT2D eigenvalue weighted by atomic mass is 9.47. The lowest BCUT2D eigenvalue weighted by molar-refractivity contribution is -0.336. The normalized spacial score (nSPS) is 57.6. The van der Waals surface area contributed by atoms with Crippen molar-refractivity contribution >= 4 is 0 Å². The first-order chi connectivity index (χ1) is 23.8. The van der Waals surface area contributed by atoms with Crippen LogP contribution in [-0.2, 0) is 28.4 Å². The summed E-state index contributed by atoms with van der Waals surface area (Å²) in [7, 11) is 0. The third kappa shape index (κ3) is 5.45. The SMILES string of the molecule is C[C@@H]1CCC2(OC1)OC1CC3C4CC=C5C[C@@H](O[C@@H]6O[C@H](CO)[C@@H](O[C@@H]7OC[C@](O)(CO)[C@H]7O)[C@H](O)[C@H]6O)CC[C@]5(C)C4CC[C@]3(C)C1[C@@H]2C. The van der Waals surface area contributed by atoms with Crippen LogP contribution in [-0.4, -0.2) is 124 Å². The maximum atomic E-state index is 11.1. The largest absolute Gasteiger partial charge is 0.394 e. The van der Waals surface area contributed by atoms with Crippen molar-refractivity contribution in [1.29, 1.82) is 0 Å². The van der Waals surface area contributed by atoms with Gasteiger partial charge in [-0.05, 0) is 91.8 Å². The molecule has 0 aromatic heterocycles. The van der Waals surface area contributed by atoms with Crippen molar-refractivity contribution < 1.29 is 59.1 Å². The number of allylic oxidation sites excluding steroid dienone is 1. The zero-order valence-corrected chi connectivity index (χ0v) is 30.1.